The van der Waals surface area contributed by atoms with Crippen molar-refractivity contribution in [2.24, 2.45) is 5.41 Å². The Hall–Kier alpha value is -2.95. The first-order valence-corrected chi connectivity index (χ1v) is 12.4. The van der Waals surface area contributed by atoms with Gasteiger partial charge >= 0.3 is 0 Å². The van der Waals surface area contributed by atoms with Crippen LogP contribution in [0.25, 0.3) is 0 Å². The van der Waals surface area contributed by atoms with E-state index in [0.29, 0.717) is 12.1 Å². The standard InChI is InChI=1S/C30H39BF2N2/c1-6-17-30(20-35-21-34,27-16-15-25(31)19-28(27)33)29(4,5)22(3)11-12-23(7-2)13-14-24-9-8-10-26(32)18-24/h7-12,15-16,18-19,21H,3,6,13-14,17,20,31H2,1-2,4-5H3,(H2,34,35)/b12-11-,23-7+. The minimum absolute atomic E-state index is 0.218. The minimum Gasteiger partial charge on any atom is -0.376 e. The zero-order chi connectivity index (χ0) is 26.1. The molecule has 0 spiro atoms. The second-order valence-electron chi connectivity index (χ2n) is 9.82. The van der Waals surface area contributed by atoms with Gasteiger partial charge in [-0.15, -0.1) is 0 Å². The summed E-state index contributed by atoms with van der Waals surface area (Å²) in [6, 6.07) is 12.1. The summed E-state index contributed by atoms with van der Waals surface area (Å²) in [5, 5.41) is 10.6. The number of aryl methyl sites for hydroxylation is 1. The number of hydrogen-bond acceptors (Lipinski definition) is 1. The molecule has 0 aliphatic carbocycles. The molecule has 0 amide bonds. The second kappa shape index (κ2) is 12.7. The molecular formula is C30H39BF2N2. The molecule has 2 N–H and O–H groups in total. The average molecular weight is 476 g/mol. The van der Waals surface area contributed by atoms with E-state index in [4.69, 9.17) is 5.41 Å². The predicted molar refractivity (Wildman–Crippen MR) is 148 cm³/mol. The van der Waals surface area contributed by atoms with Crippen molar-refractivity contribution in [1.29, 1.82) is 5.41 Å². The first-order valence-electron chi connectivity index (χ1n) is 12.4. The zero-order valence-electron chi connectivity index (χ0n) is 21.8. The van der Waals surface area contributed by atoms with Crippen LogP contribution in [0.15, 0.2) is 78.4 Å². The topological polar surface area (TPSA) is 35.9 Å². The molecule has 0 fully saturated rings. The summed E-state index contributed by atoms with van der Waals surface area (Å²) >= 11 is 0. The van der Waals surface area contributed by atoms with E-state index >= 15 is 4.39 Å². The van der Waals surface area contributed by atoms with Crippen LogP contribution >= 0.6 is 0 Å². The molecule has 0 aliphatic rings. The Labute approximate surface area is 211 Å². The van der Waals surface area contributed by atoms with Crippen LogP contribution in [0.2, 0.25) is 0 Å². The second-order valence-corrected chi connectivity index (χ2v) is 9.82. The Kier molecular flexibility index (Phi) is 10.2. The summed E-state index contributed by atoms with van der Waals surface area (Å²) < 4.78 is 28.9. The predicted octanol–water partition coefficient (Wildman–Crippen LogP) is 6.18. The number of halogens is 2. The molecule has 1 atom stereocenters. The third-order valence-electron chi connectivity index (χ3n) is 7.28. The van der Waals surface area contributed by atoms with Crippen LogP contribution < -0.4 is 10.8 Å². The Morgan fingerprint density at radius 3 is 2.49 bits per heavy atom. The van der Waals surface area contributed by atoms with Crippen LogP contribution in [0.4, 0.5) is 8.78 Å². The smallest absolute Gasteiger partial charge is 0.139 e. The summed E-state index contributed by atoms with van der Waals surface area (Å²) in [5.74, 6) is -0.441. The van der Waals surface area contributed by atoms with Crippen LogP contribution in [-0.4, -0.2) is 20.7 Å². The van der Waals surface area contributed by atoms with Crippen molar-refractivity contribution in [2.45, 2.75) is 58.8 Å². The van der Waals surface area contributed by atoms with Gasteiger partial charge in [-0.2, -0.15) is 0 Å². The van der Waals surface area contributed by atoms with Crippen LogP contribution in [0.3, 0.4) is 0 Å². The van der Waals surface area contributed by atoms with Gasteiger partial charge in [-0.25, -0.2) is 8.78 Å². The molecule has 2 nitrogen and oxygen atoms in total. The van der Waals surface area contributed by atoms with Gasteiger partial charge in [-0.05, 0) is 61.1 Å². The maximum atomic E-state index is 15.4. The van der Waals surface area contributed by atoms with Crippen molar-refractivity contribution in [2.75, 3.05) is 6.54 Å². The van der Waals surface area contributed by atoms with Crippen LogP contribution in [0.1, 0.15) is 58.1 Å². The normalized spacial score (nSPS) is 14.1. The summed E-state index contributed by atoms with van der Waals surface area (Å²) in [5.41, 5.74) is 3.41. The Morgan fingerprint density at radius 2 is 1.89 bits per heavy atom. The molecule has 0 aliphatic heterocycles. The van der Waals surface area contributed by atoms with Gasteiger partial charge in [0.25, 0.3) is 0 Å². The van der Waals surface area contributed by atoms with Gasteiger partial charge < -0.3 is 5.32 Å². The van der Waals surface area contributed by atoms with E-state index in [0.717, 1.165) is 47.9 Å². The van der Waals surface area contributed by atoms with E-state index in [-0.39, 0.29) is 11.6 Å². The largest absolute Gasteiger partial charge is 0.376 e. The van der Waals surface area contributed by atoms with Gasteiger partial charge in [0.2, 0.25) is 0 Å². The number of nitrogens with one attached hydrogen (secondary N) is 2. The highest BCUT2D eigenvalue weighted by Gasteiger charge is 2.47. The summed E-state index contributed by atoms with van der Waals surface area (Å²) in [7, 11) is 1.89. The highest BCUT2D eigenvalue weighted by atomic mass is 19.1. The first-order chi connectivity index (χ1) is 16.6. The lowest BCUT2D eigenvalue weighted by molar-refractivity contribution is 0.186. The zero-order valence-corrected chi connectivity index (χ0v) is 21.8. The fourth-order valence-corrected chi connectivity index (χ4v) is 4.88. The molecule has 2 aromatic carbocycles. The van der Waals surface area contributed by atoms with Crippen molar-refractivity contribution in [3.05, 3.63) is 101 Å². The van der Waals surface area contributed by atoms with E-state index < -0.39 is 10.8 Å². The lowest BCUT2D eigenvalue weighted by atomic mass is 9.56. The van der Waals surface area contributed by atoms with E-state index in [1.165, 1.54) is 12.4 Å². The van der Waals surface area contributed by atoms with E-state index in [1.807, 2.05) is 39.0 Å². The maximum Gasteiger partial charge on any atom is 0.139 e. The number of rotatable bonds is 13. The molecule has 0 saturated carbocycles. The molecule has 0 radical (unpaired) electrons. The monoisotopic (exact) mass is 476 g/mol. The van der Waals surface area contributed by atoms with Gasteiger partial charge in [0, 0.05) is 17.4 Å². The van der Waals surface area contributed by atoms with E-state index in [2.05, 4.69) is 44.8 Å². The van der Waals surface area contributed by atoms with Crippen LogP contribution in [0.5, 0.6) is 0 Å². The van der Waals surface area contributed by atoms with Crippen molar-refractivity contribution in [3.8, 4) is 0 Å². The fourth-order valence-electron chi connectivity index (χ4n) is 4.88. The average Bonchev–Trinajstić information content (AvgIpc) is 2.81. The first kappa shape index (κ1) is 28.3. The van der Waals surface area contributed by atoms with E-state index in [9.17, 15) is 4.39 Å². The van der Waals surface area contributed by atoms with Gasteiger partial charge in [0.1, 0.15) is 19.5 Å². The lowest BCUT2D eigenvalue weighted by Gasteiger charge is -2.48. The van der Waals surface area contributed by atoms with Gasteiger partial charge in [0.05, 0.1) is 6.34 Å². The van der Waals surface area contributed by atoms with Gasteiger partial charge in [-0.3, -0.25) is 5.41 Å². The highest BCUT2D eigenvalue weighted by molar-refractivity contribution is 6.32. The third kappa shape index (κ3) is 6.81. The minimum atomic E-state index is -0.601. The van der Waals surface area contributed by atoms with Crippen LogP contribution in [-0.2, 0) is 11.8 Å². The van der Waals surface area contributed by atoms with Gasteiger partial charge in [0.15, 0.2) is 0 Å². The summed E-state index contributed by atoms with van der Waals surface area (Å²) in [4.78, 5) is 0. The number of hydrogen-bond donors (Lipinski definition) is 2. The molecule has 35 heavy (non-hydrogen) atoms. The van der Waals surface area contributed by atoms with Crippen LogP contribution in [0, 0.1) is 22.5 Å². The van der Waals surface area contributed by atoms with E-state index in [1.54, 1.807) is 18.2 Å². The molecule has 5 heteroatoms. The molecule has 0 bridgehead atoms. The summed E-state index contributed by atoms with van der Waals surface area (Å²) in [6.45, 7) is 13.2. The summed E-state index contributed by atoms with van der Waals surface area (Å²) in [6.07, 6.45) is 10.5. The molecular weight excluding hydrogens is 437 g/mol. The molecule has 0 saturated heterocycles. The highest BCUT2D eigenvalue weighted by Crippen LogP contribution is 2.50. The third-order valence-corrected chi connectivity index (χ3v) is 7.28. The van der Waals surface area contributed by atoms with Gasteiger partial charge in [-0.1, -0.05) is 87.3 Å². The van der Waals surface area contributed by atoms with Crippen molar-refractivity contribution >= 4 is 19.6 Å². The molecule has 2 rings (SSSR count). The number of allylic oxidation sites excluding steroid dienone is 5. The molecule has 2 aromatic rings. The van der Waals surface area contributed by atoms with Crippen molar-refractivity contribution in [1.82, 2.24) is 5.32 Å². The Balaban J connectivity index is 2.37. The molecule has 0 heterocycles. The molecule has 186 valence electrons. The van der Waals surface area contributed by atoms with Crippen molar-refractivity contribution < 1.29 is 8.78 Å². The SMILES string of the molecule is Bc1ccc(C(CCC)(CNC=N)C(C)(C)C(=C)/C=C\C(=C/C)CCc2cccc(F)c2)c(F)c1. The lowest BCUT2D eigenvalue weighted by Crippen LogP contribution is -2.50. The maximum absolute atomic E-state index is 15.4. The molecule has 1 unspecified atom stereocenters. The Morgan fingerprint density at radius 1 is 1.14 bits per heavy atom. The Bertz CT molecular complexity index is 1090. The fraction of sp³-hybridized carbons (Fsp3) is 0.367. The van der Waals surface area contributed by atoms with Crippen molar-refractivity contribution in [3.63, 3.8) is 0 Å². The number of benzene rings is 2. The molecule has 0 aromatic heterocycles. The quantitative estimate of drug-likeness (QED) is 0.154.